The van der Waals surface area contributed by atoms with Gasteiger partial charge in [-0.3, -0.25) is 14.4 Å². The van der Waals surface area contributed by atoms with Crippen LogP contribution in [0.3, 0.4) is 0 Å². The van der Waals surface area contributed by atoms with Gasteiger partial charge in [-0.15, -0.1) is 0 Å². The van der Waals surface area contributed by atoms with Crippen molar-refractivity contribution in [3.8, 4) is 0 Å². The Kier molecular flexibility index (Phi) is 14.9. The first kappa shape index (κ1) is 35.3. The lowest BCUT2D eigenvalue weighted by atomic mass is 9.82. The van der Waals surface area contributed by atoms with Crippen molar-refractivity contribution in [2.24, 2.45) is 22.9 Å². The van der Waals surface area contributed by atoms with Gasteiger partial charge in [0.2, 0.25) is 17.7 Å². The third-order valence-electron chi connectivity index (χ3n) is 8.60. The summed E-state index contributed by atoms with van der Waals surface area (Å²) < 4.78 is 5.35. The van der Waals surface area contributed by atoms with E-state index in [9.17, 15) is 24.6 Å². The third-order valence-corrected chi connectivity index (χ3v) is 8.60. The summed E-state index contributed by atoms with van der Waals surface area (Å²) in [5.41, 5.74) is 9.89. The van der Waals surface area contributed by atoms with E-state index in [1.807, 2.05) is 44.2 Å². The number of aliphatic hydroxyl groups is 2. The normalized spacial score (nSPS) is 19.2. The number of nitrogens with zero attached hydrogens (tertiary/aromatic N) is 4. The van der Waals surface area contributed by atoms with Crippen molar-refractivity contribution in [3.05, 3.63) is 46.3 Å². The molecule has 0 spiro atoms. The summed E-state index contributed by atoms with van der Waals surface area (Å²) in [6.07, 6.45) is 4.15. The van der Waals surface area contributed by atoms with Gasteiger partial charge in [0.15, 0.2) is 0 Å². The Morgan fingerprint density at radius 2 is 1.73 bits per heavy atom. The minimum absolute atomic E-state index is 0.0546. The SMILES string of the molecule is CC(C)C[C@H](O)[C@H](O)[C@H](CC1CCCCC1)NC(=O)[C@H](CN=[N+]=[N-])NC(=O)[C@@H](CC(=O)N1CCOCC1)Cc1ccccc1. The molecule has 1 saturated carbocycles. The first-order chi connectivity index (χ1) is 21.2. The molecule has 0 radical (unpaired) electrons. The highest BCUT2D eigenvalue weighted by molar-refractivity contribution is 5.91. The van der Waals surface area contributed by atoms with Gasteiger partial charge >= 0.3 is 0 Å². The quantitative estimate of drug-likeness (QED) is 0.126. The van der Waals surface area contributed by atoms with Crippen LogP contribution in [0, 0.1) is 17.8 Å². The van der Waals surface area contributed by atoms with Gasteiger partial charge in [0.05, 0.1) is 37.8 Å². The number of aliphatic hydroxyl groups excluding tert-OH is 2. The monoisotopic (exact) mass is 614 g/mol. The number of benzene rings is 1. The highest BCUT2D eigenvalue weighted by Crippen LogP contribution is 2.29. The molecule has 5 atom stereocenters. The van der Waals surface area contributed by atoms with Gasteiger partial charge in [0.25, 0.3) is 0 Å². The second kappa shape index (κ2) is 18.6. The summed E-state index contributed by atoms with van der Waals surface area (Å²) in [4.78, 5) is 44.9. The molecule has 0 bridgehead atoms. The summed E-state index contributed by atoms with van der Waals surface area (Å²) in [6, 6.07) is 7.38. The zero-order valence-corrected chi connectivity index (χ0v) is 26.1. The maximum absolute atomic E-state index is 13.7. The fourth-order valence-electron chi connectivity index (χ4n) is 6.15. The molecular formula is C32H50N6O6. The largest absolute Gasteiger partial charge is 0.390 e. The molecule has 1 aliphatic heterocycles. The van der Waals surface area contributed by atoms with E-state index in [0.29, 0.717) is 45.1 Å². The van der Waals surface area contributed by atoms with E-state index in [4.69, 9.17) is 10.3 Å². The average Bonchev–Trinajstić information content (AvgIpc) is 3.02. The standard InChI is InChI=1S/C32H50N6O6/c1-22(2)17-28(39)30(41)26(19-24-11-7-4-8-12-24)35-32(43)27(21-34-37-33)36-31(42)25(18-23-9-5-3-6-10-23)20-29(40)38-13-15-44-16-14-38/h3,5-6,9-10,22,24-28,30,39,41H,4,7-8,11-21H2,1-2H3,(H,35,43)(H,36,42)/t25-,26+,27+,28+,30-/m1/s1. The van der Waals surface area contributed by atoms with Gasteiger partial charge in [-0.1, -0.05) is 81.4 Å². The predicted octanol–water partition coefficient (Wildman–Crippen LogP) is 3.11. The van der Waals surface area contributed by atoms with E-state index in [1.165, 1.54) is 0 Å². The van der Waals surface area contributed by atoms with Crippen molar-refractivity contribution in [2.75, 3.05) is 32.8 Å². The fourth-order valence-corrected chi connectivity index (χ4v) is 6.15. The van der Waals surface area contributed by atoms with Gasteiger partial charge in [0.1, 0.15) is 12.1 Å². The molecule has 44 heavy (non-hydrogen) atoms. The van der Waals surface area contributed by atoms with E-state index >= 15 is 0 Å². The molecule has 1 heterocycles. The van der Waals surface area contributed by atoms with Crippen LogP contribution in [0.15, 0.2) is 35.4 Å². The molecule has 1 saturated heterocycles. The number of azide groups is 1. The topological polar surface area (TPSA) is 177 Å². The third kappa shape index (κ3) is 11.7. The molecule has 2 fully saturated rings. The molecule has 1 aliphatic carbocycles. The van der Waals surface area contributed by atoms with Crippen LogP contribution in [-0.4, -0.2) is 90.0 Å². The Bertz CT molecular complexity index is 1090. The van der Waals surface area contributed by atoms with Crippen molar-refractivity contribution >= 4 is 17.7 Å². The molecular weight excluding hydrogens is 564 g/mol. The van der Waals surface area contributed by atoms with Gasteiger partial charge in [-0.25, -0.2) is 0 Å². The lowest BCUT2D eigenvalue weighted by molar-refractivity contribution is -0.140. The summed E-state index contributed by atoms with van der Waals surface area (Å²) in [5, 5.41) is 31.1. The van der Waals surface area contributed by atoms with Crippen molar-refractivity contribution in [1.29, 1.82) is 0 Å². The Balaban J connectivity index is 1.77. The second-order valence-corrected chi connectivity index (χ2v) is 12.6. The molecule has 12 nitrogen and oxygen atoms in total. The van der Waals surface area contributed by atoms with Gasteiger partial charge in [0, 0.05) is 24.4 Å². The number of hydrogen-bond donors (Lipinski definition) is 4. The molecule has 0 unspecified atom stereocenters. The van der Waals surface area contributed by atoms with Crippen molar-refractivity contribution in [3.63, 3.8) is 0 Å². The molecule has 3 rings (SSSR count). The lowest BCUT2D eigenvalue weighted by Gasteiger charge is -2.33. The fraction of sp³-hybridized carbons (Fsp3) is 0.719. The molecule has 1 aromatic rings. The molecule has 2 aliphatic rings. The van der Waals surface area contributed by atoms with Crippen molar-refractivity contribution in [2.45, 2.75) is 95.9 Å². The number of ether oxygens (including phenoxy) is 1. The van der Waals surface area contributed by atoms with E-state index in [2.05, 4.69) is 20.7 Å². The first-order valence-electron chi connectivity index (χ1n) is 16.0. The molecule has 1 aromatic carbocycles. The van der Waals surface area contributed by atoms with Crippen LogP contribution in [0.1, 0.15) is 70.8 Å². The minimum atomic E-state index is -1.22. The molecule has 3 amide bonds. The van der Waals surface area contributed by atoms with Crippen molar-refractivity contribution in [1.82, 2.24) is 15.5 Å². The maximum Gasteiger partial charge on any atom is 0.243 e. The number of nitrogens with one attached hydrogen (secondary N) is 2. The van der Waals surface area contributed by atoms with E-state index in [1.54, 1.807) is 4.90 Å². The number of carbonyl (C=O) groups excluding carboxylic acids is 3. The zero-order valence-electron chi connectivity index (χ0n) is 26.1. The van der Waals surface area contributed by atoms with Crippen LogP contribution in [0.2, 0.25) is 0 Å². The highest BCUT2D eigenvalue weighted by Gasteiger charge is 2.34. The van der Waals surface area contributed by atoms with Crippen molar-refractivity contribution < 1.29 is 29.3 Å². The van der Waals surface area contributed by atoms with Crippen LogP contribution < -0.4 is 10.6 Å². The summed E-state index contributed by atoms with van der Waals surface area (Å²) in [7, 11) is 0. The molecule has 244 valence electrons. The van der Waals surface area contributed by atoms with Crippen LogP contribution >= 0.6 is 0 Å². The second-order valence-electron chi connectivity index (χ2n) is 12.6. The highest BCUT2D eigenvalue weighted by atomic mass is 16.5. The van der Waals surface area contributed by atoms with Gasteiger partial charge in [-0.05, 0) is 42.2 Å². The van der Waals surface area contributed by atoms with Gasteiger partial charge in [-0.2, -0.15) is 0 Å². The van der Waals surface area contributed by atoms with Crippen LogP contribution in [0.5, 0.6) is 0 Å². The Labute approximate surface area is 260 Å². The Morgan fingerprint density at radius 3 is 2.36 bits per heavy atom. The Morgan fingerprint density at radius 1 is 1.05 bits per heavy atom. The van der Waals surface area contributed by atoms with Crippen LogP contribution in [0.25, 0.3) is 10.4 Å². The van der Waals surface area contributed by atoms with E-state index < -0.39 is 42.0 Å². The zero-order chi connectivity index (χ0) is 31.9. The molecule has 4 N–H and O–H groups in total. The summed E-state index contributed by atoms with van der Waals surface area (Å²) in [5.74, 6) is -1.62. The number of morpholine rings is 1. The smallest absolute Gasteiger partial charge is 0.243 e. The number of amides is 3. The Hall–Kier alpha value is -3.18. The molecule has 0 aromatic heterocycles. The molecule has 12 heteroatoms. The maximum atomic E-state index is 13.7. The van der Waals surface area contributed by atoms with E-state index in [0.717, 1.165) is 37.7 Å². The number of rotatable bonds is 16. The first-order valence-corrected chi connectivity index (χ1v) is 16.0. The lowest BCUT2D eigenvalue weighted by Crippen LogP contribution is -2.57. The number of carbonyl (C=O) groups is 3. The predicted molar refractivity (Wildman–Crippen MR) is 166 cm³/mol. The van der Waals surface area contributed by atoms with Gasteiger partial charge < -0.3 is 30.5 Å². The summed E-state index contributed by atoms with van der Waals surface area (Å²) >= 11 is 0. The van der Waals surface area contributed by atoms with E-state index in [-0.39, 0.29) is 31.2 Å². The average molecular weight is 615 g/mol. The van der Waals surface area contributed by atoms with Crippen LogP contribution in [0.4, 0.5) is 0 Å². The number of hydrogen-bond acceptors (Lipinski definition) is 7. The minimum Gasteiger partial charge on any atom is -0.390 e. The van der Waals surface area contributed by atoms with Crippen LogP contribution in [-0.2, 0) is 25.5 Å². The summed E-state index contributed by atoms with van der Waals surface area (Å²) in [6.45, 7) is 5.34.